The van der Waals surface area contributed by atoms with Crippen molar-refractivity contribution >= 4 is 17.2 Å². The van der Waals surface area contributed by atoms with Gasteiger partial charge in [0.2, 0.25) is 5.91 Å². The highest BCUT2D eigenvalue weighted by Crippen LogP contribution is 2.19. The number of carbonyl (C=O) groups is 1. The van der Waals surface area contributed by atoms with Crippen molar-refractivity contribution in [1.29, 1.82) is 0 Å². The van der Waals surface area contributed by atoms with Gasteiger partial charge in [-0.15, -0.1) is 11.3 Å². The van der Waals surface area contributed by atoms with Gasteiger partial charge >= 0.3 is 0 Å². The summed E-state index contributed by atoms with van der Waals surface area (Å²) in [5.41, 5.74) is 1.96. The first-order valence-corrected chi connectivity index (χ1v) is 7.92. The van der Waals surface area contributed by atoms with Gasteiger partial charge in [-0.3, -0.25) is 4.79 Å². The van der Waals surface area contributed by atoms with Crippen LogP contribution in [-0.2, 0) is 17.8 Å². The van der Waals surface area contributed by atoms with Crippen LogP contribution in [-0.4, -0.2) is 29.1 Å². The van der Waals surface area contributed by atoms with E-state index in [0.29, 0.717) is 13.0 Å². The summed E-state index contributed by atoms with van der Waals surface area (Å²) >= 11 is 1.64. The number of aliphatic hydroxyl groups excluding tert-OH is 1. The molecule has 1 amide bonds. The molecule has 2 aromatic rings. The summed E-state index contributed by atoms with van der Waals surface area (Å²) in [6.45, 7) is 4.73. The quantitative estimate of drug-likeness (QED) is 0.818. The number of ether oxygens (including phenoxy) is 1. The average molecular weight is 320 g/mol. The van der Waals surface area contributed by atoms with E-state index < -0.39 is 0 Å². The molecule has 1 heterocycles. The Morgan fingerprint density at radius 3 is 2.64 bits per heavy atom. The minimum absolute atomic E-state index is 0.0474. The van der Waals surface area contributed by atoms with Gasteiger partial charge in [-0.1, -0.05) is 12.1 Å². The lowest BCUT2D eigenvalue weighted by molar-refractivity contribution is -0.120. The first kappa shape index (κ1) is 16.5. The molecule has 0 spiro atoms. The molecule has 0 aliphatic carbocycles. The molecular formula is C16H20N2O3S. The van der Waals surface area contributed by atoms with E-state index in [1.807, 2.05) is 38.1 Å². The Balaban J connectivity index is 1.85. The van der Waals surface area contributed by atoms with E-state index in [1.165, 1.54) is 4.88 Å². The van der Waals surface area contributed by atoms with Gasteiger partial charge in [-0.05, 0) is 31.5 Å². The molecule has 5 nitrogen and oxygen atoms in total. The number of aromatic nitrogens is 1. The maximum atomic E-state index is 11.5. The van der Waals surface area contributed by atoms with Gasteiger partial charge in [0, 0.05) is 11.4 Å². The topological polar surface area (TPSA) is 71.5 Å². The normalized spacial score (nSPS) is 10.5. The average Bonchev–Trinajstić information content (AvgIpc) is 2.83. The third-order valence-electron chi connectivity index (χ3n) is 3.16. The SMILES string of the molecule is Cc1nc(COc2ccc(CC(=O)NCCO)cc2)sc1C. The largest absolute Gasteiger partial charge is 0.486 e. The minimum Gasteiger partial charge on any atom is -0.486 e. The Morgan fingerprint density at radius 2 is 2.05 bits per heavy atom. The summed E-state index contributed by atoms with van der Waals surface area (Å²) in [6.07, 6.45) is 0.297. The van der Waals surface area contributed by atoms with Crippen molar-refractivity contribution in [3.63, 3.8) is 0 Å². The fourth-order valence-corrected chi connectivity index (χ4v) is 2.74. The molecule has 0 atom stereocenters. The highest BCUT2D eigenvalue weighted by molar-refractivity contribution is 7.11. The Labute approximate surface area is 134 Å². The second-order valence-corrected chi connectivity index (χ2v) is 6.22. The van der Waals surface area contributed by atoms with E-state index in [1.54, 1.807) is 11.3 Å². The summed E-state index contributed by atoms with van der Waals surface area (Å²) in [7, 11) is 0. The molecule has 22 heavy (non-hydrogen) atoms. The molecule has 118 valence electrons. The predicted molar refractivity (Wildman–Crippen MR) is 86.2 cm³/mol. The lowest BCUT2D eigenvalue weighted by atomic mass is 10.1. The van der Waals surface area contributed by atoms with Crippen molar-refractivity contribution in [2.75, 3.05) is 13.2 Å². The summed E-state index contributed by atoms with van der Waals surface area (Å²) < 4.78 is 5.70. The standard InChI is InChI=1S/C16H20N2O3S/c1-11-12(2)22-16(18-11)10-21-14-5-3-13(4-6-14)9-15(20)17-7-8-19/h3-6,19H,7-10H2,1-2H3,(H,17,20). The van der Waals surface area contributed by atoms with Crippen LogP contribution in [0.3, 0.4) is 0 Å². The van der Waals surface area contributed by atoms with E-state index in [0.717, 1.165) is 22.0 Å². The molecule has 0 aliphatic rings. The zero-order valence-electron chi connectivity index (χ0n) is 12.8. The molecule has 0 saturated heterocycles. The van der Waals surface area contributed by atoms with Crippen molar-refractivity contribution in [3.05, 3.63) is 45.4 Å². The van der Waals surface area contributed by atoms with E-state index in [4.69, 9.17) is 9.84 Å². The van der Waals surface area contributed by atoms with Crippen molar-refractivity contribution in [2.45, 2.75) is 26.9 Å². The number of thiazole rings is 1. The van der Waals surface area contributed by atoms with Crippen LogP contribution in [0.1, 0.15) is 21.1 Å². The highest BCUT2D eigenvalue weighted by atomic mass is 32.1. The lowest BCUT2D eigenvalue weighted by Gasteiger charge is -2.06. The van der Waals surface area contributed by atoms with Crippen molar-refractivity contribution in [1.82, 2.24) is 10.3 Å². The Bertz CT molecular complexity index is 603. The summed E-state index contributed by atoms with van der Waals surface area (Å²) in [4.78, 5) is 17.2. The fraction of sp³-hybridized carbons (Fsp3) is 0.375. The number of rotatable bonds is 7. The second kappa shape index (κ2) is 7.91. The van der Waals surface area contributed by atoms with Crippen LogP contribution < -0.4 is 10.1 Å². The van der Waals surface area contributed by atoms with Gasteiger partial charge in [-0.2, -0.15) is 0 Å². The maximum Gasteiger partial charge on any atom is 0.224 e. The fourth-order valence-electron chi connectivity index (χ4n) is 1.89. The van der Waals surface area contributed by atoms with Gasteiger partial charge in [0.1, 0.15) is 17.4 Å². The molecule has 0 unspecified atom stereocenters. The number of hydrogen-bond donors (Lipinski definition) is 2. The number of nitrogens with zero attached hydrogens (tertiary/aromatic N) is 1. The molecule has 2 N–H and O–H groups in total. The van der Waals surface area contributed by atoms with Gasteiger partial charge in [0.05, 0.1) is 18.7 Å². The summed E-state index contributed by atoms with van der Waals surface area (Å²) in [5, 5.41) is 12.2. The molecule has 0 radical (unpaired) electrons. The molecule has 2 rings (SSSR count). The summed E-state index contributed by atoms with van der Waals surface area (Å²) in [6, 6.07) is 7.43. The van der Waals surface area contributed by atoms with Crippen LogP contribution in [0.4, 0.5) is 0 Å². The number of aliphatic hydroxyl groups is 1. The molecular weight excluding hydrogens is 300 g/mol. The minimum atomic E-state index is -0.101. The number of nitrogens with one attached hydrogen (secondary N) is 1. The Morgan fingerprint density at radius 1 is 1.32 bits per heavy atom. The third kappa shape index (κ3) is 4.82. The number of hydrogen-bond acceptors (Lipinski definition) is 5. The number of benzene rings is 1. The van der Waals surface area contributed by atoms with Crippen LogP contribution in [0.5, 0.6) is 5.75 Å². The highest BCUT2D eigenvalue weighted by Gasteiger charge is 2.05. The van der Waals surface area contributed by atoms with Gasteiger partial charge < -0.3 is 15.2 Å². The molecule has 0 bridgehead atoms. The lowest BCUT2D eigenvalue weighted by Crippen LogP contribution is -2.27. The van der Waals surface area contributed by atoms with Gasteiger partial charge in [0.25, 0.3) is 0 Å². The van der Waals surface area contributed by atoms with Gasteiger partial charge in [0.15, 0.2) is 0 Å². The van der Waals surface area contributed by atoms with Crippen LogP contribution >= 0.6 is 11.3 Å². The first-order chi connectivity index (χ1) is 10.6. The van der Waals surface area contributed by atoms with Crippen molar-refractivity contribution in [3.8, 4) is 5.75 Å². The van der Waals surface area contributed by atoms with E-state index >= 15 is 0 Å². The molecule has 0 saturated carbocycles. The van der Waals surface area contributed by atoms with Crippen molar-refractivity contribution in [2.24, 2.45) is 0 Å². The predicted octanol–water partition coefficient (Wildman–Crippen LogP) is 1.99. The third-order valence-corrected chi connectivity index (χ3v) is 4.20. The Kier molecular flexibility index (Phi) is 5.91. The summed E-state index contributed by atoms with van der Waals surface area (Å²) in [5.74, 6) is 0.654. The monoisotopic (exact) mass is 320 g/mol. The van der Waals surface area contributed by atoms with Crippen LogP contribution in [0.2, 0.25) is 0 Å². The van der Waals surface area contributed by atoms with Crippen LogP contribution in [0.25, 0.3) is 0 Å². The van der Waals surface area contributed by atoms with E-state index in [2.05, 4.69) is 10.3 Å². The zero-order chi connectivity index (χ0) is 15.9. The first-order valence-electron chi connectivity index (χ1n) is 7.10. The van der Waals surface area contributed by atoms with Crippen molar-refractivity contribution < 1.29 is 14.6 Å². The smallest absolute Gasteiger partial charge is 0.224 e. The molecule has 6 heteroatoms. The molecule has 0 fully saturated rings. The van der Waals surface area contributed by atoms with Gasteiger partial charge in [-0.25, -0.2) is 4.98 Å². The number of carbonyl (C=O) groups excluding carboxylic acids is 1. The van der Waals surface area contributed by atoms with E-state index in [9.17, 15) is 4.79 Å². The number of aryl methyl sites for hydroxylation is 2. The maximum absolute atomic E-state index is 11.5. The number of amides is 1. The second-order valence-electron chi connectivity index (χ2n) is 4.93. The zero-order valence-corrected chi connectivity index (χ0v) is 13.6. The molecule has 0 aliphatic heterocycles. The van der Waals surface area contributed by atoms with Crippen LogP contribution in [0.15, 0.2) is 24.3 Å². The van der Waals surface area contributed by atoms with Crippen LogP contribution in [0, 0.1) is 13.8 Å². The van der Waals surface area contributed by atoms with E-state index in [-0.39, 0.29) is 19.1 Å². The molecule has 1 aromatic heterocycles. The Hall–Kier alpha value is -1.92. The molecule has 1 aromatic carbocycles.